The summed E-state index contributed by atoms with van der Waals surface area (Å²) in [6.07, 6.45) is 4.20. The average Bonchev–Trinajstić information content (AvgIpc) is 2.22. The van der Waals surface area contributed by atoms with Crippen molar-refractivity contribution in [2.75, 3.05) is 0 Å². The number of fused-ring (bicyclic) bond motifs is 1. The van der Waals surface area contributed by atoms with Crippen LogP contribution >= 0.6 is 0 Å². The molecule has 0 atom stereocenters. The zero-order chi connectivity index (χ0) is 9.97. The van der Waals surface area contributed by atoms with Crippen molar-refractivity contribution in [2.45, 2.75) is 25.7 Å². The highest BCUT2D eigenvalue weighted by Crippen LogP contribution is 2.17. The van der Waals surface area contributed by atoms with Gasteiger partial charge in [-0.15, -0.1) is 0 Å². The molecule has 1 aliphatic carbocycles. The molecule has 2 rings (SSSR count). The Kier molecular flexibility index (Phi) is 2.39. The first-order valence-electron chi connectivity index (χ1n) is 4.80. The number of hydrogen-bond acceptors (Lipinski definition) is 3. The summed E-state index contributed by atoms with van der Waals surface area (Å²) in [5.41, 5.74) is 0.856. The normalized spacial score (nSPS) is 17.1. The van der Waals surface area contributed by atoms with E-state index in [2.05, 4.69) is 4.98 Å². The first-order valence-corrected chi connectivity index (χ1v) is 4.80. The Labute approximate surface area is 82.2 Å². The molecule has 0 aromatic carbocycles. The van der Waals surface area contributed by atoms with Gasteiger partial charge in [0.15, 0.2) is 11.6 Å². The van der Waals surface area contributed by atoms with Crippen molar-refractivity contribution >= 4 is 11.6 Å². The molecule has 1 aromatic heterocycles. The number of Topliss-reactive ketones (excluding diaryl/α,β-unsaturated/α-hetero) is 2. The van der Waals surface area contributed by atoms with Crippen LogP contribution in [0, 0.1) is 0 Å². The van der Waals surface area contributed by atoms with Crippen LogP contribution < -0.4 is 0 Å². The van der Waals surface area contributed by atoms with Gasteiger partial charge in [0.2, 0.25) is 0 Å². The van der Waals surface area contributed by atoms with Crippen molar-refractivity contribution in [3.8, 4) is 0 Å². The van der Waals surface area contributed by atoms with Gasteiger partial charge in [-0.3, -0.25) is 14.6 Å². The maximum Gasteiger partial charge on any atom is 0.181 e. The van der Waals surface area contributed by atoms with E-state index in [1.54, 1.807) is 18.3 Å². The number of carbonyl (C=O) groups excluding carboxylic acids is 2. The summed E-state index contributed by atoms with van der Waals surface area (Å²) in [6, 6.07) is 3.39. The lowest BCUT2D eigenvalue weighted by Crippen LogP contribution is -2.14. The van der Waals surface area contributed by atoms with Crippen LogP contribution in [0.25, 0.3) is 0 Å². The quantitative estimate of drug-likeness (QED) is 0.627. The van der Waals surface area contributed by atoms with E-state index in [1.807, 2.05) is 0 Å². The number of hydrogen-bond donors (Lipinski definition) is 0. The van der Waals surface area contributed by atoms with Gasteiger partial charge in [0, 0.05) is 24.6 Å². The van der Waals surface area contributed by atoms with Crippen LogP contribution in [-0.2, 0) is 0 Å². The highest BCUT2D eigenvalue weighted by Gasteiger charge is 2.19. The monoisotopic (exact) mass is 189 g/mol. The summed E-state index contributed by atoms with van der Waals surface area (Å²) in [5.74, 6) is 0.0369. The Morgan fingerprint density at radius 3 is 2.57 bits per heavy atom. The van der Waals surface area contributed by atoms with Gasteiger partial charge < -0.3 is 0 Å². The van der Waals surface area contributed by atoms with Gasteiger partial charge in [0.05, 0.1) is 0 Å². The summed E-state index contributed by atoms with van der Waals surface area (Å²) in [6.45, 7) is 0. The Morgan fingerprint density at radius 2 is 1.79 bits per heavy atom. The van der Waals surface area contributed by atoms with Gasteiger partial charge in [-0.05, 0) is 25.0 Å². The summed E-state index contributed by atoms with van der Waals surface area (Å²) >= 11 is 0. The molecule has 1 aromatic rings. The molecule has 0 radical (unpaired) electrons. The third-order valence-corrected chi connectivity index (χ3v) is 2.43. The molecule has 0 unspecified atom stereocenters. The lowest BCUT2D eigenvalue weighted by Gasteiger charge is -2.09. The van der Waals surface area contributed by atoms with E-state index < -0.39 is 0 Å². The zero-order valence-corrected chi connectivity index (χ0v) is 7.82. The molecule has 0 bridgehead atoms. The first kappa shape index (κ1) is 9.06. The second-order valence-electron chi connectivity index (χ2n) is 3.45. The molecule has 0 aliphatic heterocycles. The van der Waals surface area contributed by atoms with Gasteiger partial charge in [0.25, 0.3) is 0 Å². The van der Waals surface area contributed by atoms with Gasteiger partial charge in [-0.2, -0.15) is 0 Å². The molecule has 1 aliphatic rings. The smallest absolute Gasteiger partial charge is 0.181 e. The molecule has 0 saturated heterocycles. The highest BCUT2D eigenvalue weighted by molar-refractivity contribution is 6.07. The summed E-state index contributed by atoms with van der Waals surface area (Å²) in [5, 5.41) is 0. The number of aromatic nitrogens is 1. The summed E-state index contributed by atoms with van der Waals surface area (Å²) in [4.78, 5) is 27.2. The van der Waals surface area contributed by atoms with Crippen molar-refractivity contribution in [3.05, 3.63) is 29.6 Å². The van der Waals surface area contributed by atoms with Crippen molar-refractivity contribution < 1.29 is 9.59 Å². The van der Waals surface area contributed by atoms with Crippen LogP contribution in [0.4, 0.5) is 0 Å². The first-order chi connectivity index (χ1) is 6.79. The fourth-order valence-electron chi connectivity index (χ4n) is 1.68. The second kappa shape index (κ2) is 3.70. The number of pyridine rings is 1. The summed E-state index contributed by atoms with van der Waals surface area (Å²) < 4.78 is 0. The molecule has 0 fully saturated rings. The minimum atomic E-state index is -0.00588. The topological polar surface area (TPSA) is 47.0 Å². The lowest BCUT2D eigenvalue weighted by molar-refractivity contribution is 0.0925. The average molecular weight is 189 g/mol. The minimum Gasteiger partial charge on any atom is -0.294 e. The maximum atomic E-state index is 11.6. The molecule has 3 nitrogen and oxygen atoms in total. The maximum absolute atomic E-state index is 11.6. The molecule has 0 saturated carbocycles. The van der Waals surface area contributed by atoms with Crippen LogP contribution in [-0.4, -0.2) is 16.6 Å². The van der Waals surface area contributed by atoms with E-state index in [4.69, 9.17) is 0 Å². The van der Waals surface area contributed by atoms with E-state index in [9.17, 15) is 9.59 Å². The van der Waals surface area contributed by atoms with Crippen molar-refractivity contribution in [1.29, 1.82) is 0 Å². The van der Waals surface area contributed by atoms with Gasteiger partial charge >= 0.3 is 0 Å². The molecule has 0 amide bonds. The van der Waals surface area contributed by atoms with Crippen LogP contribution in [0.15, 0.2) is 18.3 Å². The molecule has 14 heavy (non-hydrogen) atoms. The van der Waals surface area contributed by atoms with E-state index in [0.29, 0.717) is 24.1 Å². The third kappa shape index (κ3) is 1.58. The Balaban J connectivity index is 2.49. The Morgan fingerprint density at radius 1 is 1.07 bits per heavy atom. The predicted molar refractivity (Wildman–Crippen MR) is 51.4 cm³/mol. The highest BCUT2D eigenvalue weighted by atomic mass is 16.1. The predicted octanol–water partition coefficient (Wildman–Crippen LogP) is 2.02. The molecular weight excluding hydrogens is 178 g/mol. The lowest BCUT2D eigenvalue weighted by atomic mass is 9.95. The van der Waals surface area contributed by atoms with Gasteiger partial charge in [-0.25, -0.2) is 0 Å². The van der Waals surface area contributed by atoms with E-state index in [-0.39, 0.29) is 11.6 Å². The molecule has 0 N–H and O–H groups in total. The second-order valence-corrected chi connectivity index (χ2v) is 3.45. The molecule has 3 heteroatoms. The van der Waals surface area contributed by atoms with Crippen LogP contribution in [0.1, 0.15) is 46.5 Å². The fourth-order valence-corrected chi connectivity index (χ4v) is 1.68. The summed E-state index contributed by atoms with van der Waals surface area (Å²) in [7, 11) is 0. The molecule has 72 valence electrons. The van der Waals surface area contributed by atoms with E-state index in [0.717, 1.165) is 12.8 Å². The minimum absolute atomic E-state index is 0.00588. The number of ketones is 2. The third-order valence-electron chi connectivity index (χ3n) is 2.43. The number of nitrogens with zero attached hydrogens (tertiary/aromatic N) is 1. The Bertz CT molecular complexity index is 348. The Hall–Kier alpha value is -1.51. The van der Waals surface area contributed by atoms with Crippen LogP contribution in [0.3, 0.4) is 0 Å². The SMILES string of the molecule is O=C1CCCCC(=O)c2ncccc21. The van der Waals surface area contributed by atoms with Crippen LogP contribution in [0.2, 0.25) is 0 Å². The zero-order valence-electron chi connectivity index (χ0n) is 7.82. The van der Waals surface area contributed by atoms with Gasteiger partial charge in [-0.1, -0.05) is 0 Å². The largest absolute Gasteiger partial charge is 0.294 e. The van der Waals surface area contributed by atoms with E-state index >= 15 is 0 Å². The van der Waals surface area contributed by atoms with Crippen LogP contribution in [0.5, 0.6) is 0 Å². The van der Waals surface area contributed by atoms with Gasteiger partial charge in [0.1, 0.15) is 5.69 Å². The molecule has 1 heterocycles. The van der Waals surface area contributed by atoms with Crippen molar-refractivity contribution in [2.24, 2.45) is 0 Å². The number of rotatable bonds is 0. The fraction of sp³-hybridized carbons (Fsp3) is 0.364. The molecule has 0 spiro atoms. The standard InChI is InChI=1S/C11H11NO2/c13-9-5-1-2-6-10(14)11-8(9)4-3-7-12-11/h3-4,7H,1-2,5-6H2. The van der Waals surface area contributed by atoms with Crippen molar-refractivity contribution in [1.82, 2.24) is 4.98 Å². The number of carbonyl (C=O) groups is 2. The van der Waals surface area contributed by atoms with E-state index in [1.165, 1.54) is 0 Å². The van der Waals surface area contributed by atoms with Crippen molar-refractivity contribution in [3.63, 3.8) is 0 Å². The molecular formula is C11H11NO2.